The third-order valence-electron chi connectivity index (χ3n) is 2.62. The van der Waals surface area contributed by atoms with Gasteiger partial charge in [0.15, 0.2) is 9.84 Å². The Morgan fingerprint density at radius 1 is 1.12 bits per heavy atom. The summed E-state index contributed by atoms with van der Waals surface area (Å²) in [5.74, 6) is 0. The third kappa shape index (κ3) is 3.06. The average Bonchev–Trinajstić information content (AvgIpc) is 2.27. The van der Waals surface area contributed by atoms with Crippen molar-refractivity contribution in [3.05, 3.63) is 29.8 Å². The number of hydrogen-bond donors (Lipinski definition) is 1. The summed E-state index contributed by atoms with van der Waals surface area (Å²) in [5.41, 5.74) is 0.678. The van der Waals surface area contributed by atoms with E-state index in [1.165, 1.54) is 12.1 Å². The van der Waals surface area contributed by atoms with Gasteiger partial charge in [-0.1, -0.05) is 12.1 Å². The molecule has 4 nitrogen and oxygen atoms in total. The second kappa shape index (κ2) is 5.16. The zero-order valence-corrected chi connectivity index (χ0v) is 11.4. The molecule has 1 aromatic rings. The monoisotopic (exact) mass is 257 g/mol. The van der Waals surface area contributed by atoms with Crippen LogP contribution in [0.5, 0.6) is 0 Å². The van der Waals surface area contributed by atoms with Crippen LogP contribution in [0.3, 0.4) is 0 Å². The molecule has 0 aliphatic heterocycles. The molecule has 0 bridgehead atoms. The zero-order valence-electron chi connectivity index (χ0n) is 10.6. The summed E-state index contributed by atoms with van der Waals surface area (Å²) >= 11 is 0. The Kier molecular flexibility index (Phi) is 4.30. The van der Waals surface area contributed by atoms with Gasteiger partial charge in [-0.2, -0.15) is 0 Å². The van der Waals surface area contributed by atoms with E-state index < -0.39 is 21.3 Å². The molecule has 1 N–H and O–H groups in total. The van der Waals surface area contributed by atoms with E-state index in [4.69, 9.17) is 0 Å². The van der Waals surface area contributed by atoms with Crippen LogP contribution in [-0.2, 0) is 9.84 Å². The van der Waals surface area contributed by atoms with Crippen molar-refractivity contribution in [2.75, 3.05) is 14.1 Å². The summed E-state index contributed by atoms with van der Waals surface area (Å²) in [4.78, 5) is 1.94. The normalized spacial score (nSPS) is 14.3. The maximum Gasteiger partial charge on any atom is 0.180 e. The van der Waals surface area contributed by atoms with Crippen LogP contribution in [0.15, 0.2) is 29.2 Å². The molecule has 0 spiro atoms. The number of aliphatic hydroxyl groups is 1. The topological polar surface area (TPSA) is 57.6 Å². The first-order chi connectivity index (χ1) is 7.76. The van der Waals surface area contributed by atoms with Crippen LogP contribution in [0, 0.1) is 0 Å². The number of aliphatic hydroxyl groups excluding tert-OH is 1. The van der Waals surface area contributed by atoms with Gasteiger partial charge in [0.05, 0.1) is 10.1 Å². The number of benzene rings is 1. The molecule has 0 heterocycles. The largest absolute Gasteiger partial charge is 0.374 e. The van der Waals surface area contributed by atoms with Crippen molar-refractivity contribution in [3.8, 4) is 0 Å². The first kappa shape index (κ1) is 14.2. The van der Waals surface area contributed by atoms with Gasteiger partial charge in [0.25, 0.3) is 0 Å². The van der Waals surface area contributed by atoms with Crippen molar-refractivity contribution in [1.82, 2.24) is 4.90 Å². The fraction of sp³-hybridized carbons (Fsp3) is 0.500. The Morgan fingerprint density at radius 2 is 1.59 bits per heavy atom. The van der Waals surface area contributed by atoms with Crippen LogP contribution in [0.1, 0.15) is 25.6 Å². The average molecular weight is 257 g/mol. The van der Waals surface area contributed by atoms with Crippen LogP contribution in [-0.4, -0.2) is 37.8 Å². The van der Waals surface area contributed by atoms with Gasteiger partial charge >= 0.3 is 0 Å². The highest BCUT2D eigenvalue weighted by Gasteiger charge is 2.19. The van der Waals surface area contributed by atoms with Gasteiger partial charge in [0.2, 0.25) is 0 Å². The maximum absolute atomic E-state index is 11.9. The van der Waals surface area contributed by atoms with E-state index in [1.807, 2.05) is 0 Å². The first-order valence-corrected chi connectivity index (χ1v) is 7.00. The van der Waals surface area contributed by atoms with Crippen molar-refractivity contribution in [2.45, 2.75) is 30.2 Å². The van der Waals surface area contributed by atoms with E-state index >= 15 is 0 Å². The van der Waals surface area contributed by atoms with E-state index in [1.54, 1.807) is 45.0 Å². The fourth-order valence-corrected chi connectivity index (χ4v) is 2.46. The summed E-state index contributed by atoms with van der Waals surface area (Å²) in [7, 11) is 0.272. The van der Waals surface area contributed by atoms with Crippen molar-refractivity contribution in [3.63, 3.8) is 0 Å². The summed E-state index contributed by atoms with van der Waals surface area (Å²) < 4.78 is 23.7. The van der Waals surface area contributed by atoms with Crippen molar-refractivity contribution < 1.29 is 13.5 Å². The molecular formula is C12H19NO3S. The Morgan fingerprint density at radius 3 is 1.94 bits per heavy atom. The van der Waals surface area contributed by atoms with Crippen LogP contribution in [0.4, 0.5) is 0 Å². The molecule has 1 aromatic carbocycles. The molecule has 0 fully saturated rings. The van der Waals surface area contributed by atoms with Crippen molar-refractivity contribution in [2.24, 2.45) is 0 Å². The Balaban J connectivity index is 3.05. The molecule has 0 aliphatic rings. The molecule has 1 unspecified atom stereocenters. The SMILES string of the molecule is CC(C)S(=O)(=O)c1ccc(C(O)N(C)C)cc1. The molecule has 0 saturated carbocycles. The van der Waals surface area contributed by atoms with Gasteiger partial charge in [-0.05, 0) is 45.6 Å². The van der Waals surface area contributed by atoms with Crippen LogP contribution >= 0.6 is 0 Å². The van der Waals surface area contributed by atoms with Gasteiger partial charge < -0.3 is 5.11 Å². The predicted octanol–water partition coefficient (Wildman–Crippen LogP) is 1.42. The van der Waals surface area contributed by atoms with Crippen LogP contribution in [0.25, 0.3) is 0 Å². The second-order valence-electron chi connectivity index (χ2n) is 4.50. The summed E-state index contributed by atoms with van der Waals surface area (Å²) in [5, 5.41) is 9.34. The molecule has 0 radical (unpaired) electrons. The Hall–Kier alpha value is -0.910. The number of sulfone groups is 1. The highest BCUT2D eigenvalue weighted by molar-refractivity contribution is 7.92. The van der Waals surface area contributed by atoms with Crippen molar-refractivity contribution in [1.29, 1.82) is 0 Å². The lowest BCUT2D eigenvalue weighted by atomic mass is 10.2. The lowest BCUT2D eigenvalue weighted by Gasteiger charge is -2.19. The number of hydrogen-bond acceptors (Lipinski definition) is 4. The lowest BCUT2D eigenvalue weighted by molar-refractivity contribution is 0.0395. The Bertz CT molecular complexity index is 463. The van der Waals surface area contributed by atoms with Crippen LogP contribution in [0.2, 0.25) is 0 Å². The van der Waals surface area contributed by atoms with Gasteiger partial charge in [-0.15, -0.1) is 0 Å². The molecule has 1 atom stereocenters. The van der Waals surface area contributed by atoms with E-state index in [0.717, 1.165) is 0 Å². The quantitative estimate of drug-likeness (QED) is 0.829. The van der Waals surface area contributed by atoms with E-state index in [2.05, 4.69) is 0 Å². The number of nitrogens with zero attached hydrogens (tertiary/aromatic N) is 1. The van der Waals surface area contributed by atoms with E-state index in [-0.39, 0.29) is 0 Å². The maximum atomic E-state index is 11.9. The minimum absolute atomic E-state index is 0.294. The summed E-state index contributed by atoms with van der Waals surface area (Å²) in [6.45, 7) is 3.30. The standard InChI is InChI=1S/C12H19NO3S/c1-9(2)17(15,16)11-7-5-10(6-8-11)12(14)13(3)4/h5-9,12,14H,1-4H3. The van der Waals surface area contributed by atoms with Gasteiger partial charge in [0.1, 0.15) is 6.23 Å². The van der Waals surface area contributed by atoms with Crippen molar-refractivity contribution >= 4 is 9.84 Å². The minimum Gasteiger partial charge on any atom is -0.374 e. The number of rotatable bonds is 4. The summed E-state index contributed by atoms with van der Waals surface area (Å²) in [6, 6.07) is 6.36. The molecular weight excluding hydrogens is 238 g/mol. The van der Waals surface area contributed by atoms with E-state index in [0.29, 0.717) is 10.5 Å². The molecule has 0 aromatic heterocycles. The second-order valence-corrected chi connectivity index (χ2v) is 7.00. The van der Waals surface area contributed by atoms with Gasteiger partial charge in [-0.25, -0.2) is 8.42 Å². The zero-order chi connectivity index (χ0) is 13.2. The molecule has 0 aliphatic carbocycles. The minimum atomic E-state index is -3.23. The van der Waals surface area contributed by atoms with Gasteiger partial charge in [-0.3, -0.25) is 4.90 Å². The predicted molar refractivity (Wildman–Crippen MR) is 67.4 cm³/mol. The Labute approximate surface area is 103 Å². The highest BCUT2D eigenvalue weighted by Crippen LogP contribution is 2.20. The first-order valence-electron chi connectivity index (χ1n) is 5.45. The van der Waals surface area contributed by atoms with E-state index in [9.17, 15) is 13.5 Å². The fourth-order valence-electron chi connectivity index (χ4n) is 1.40. The van der Waals surface area contributed by atoms with Gasteiger partial charge in [0, 0.05) is 0 Å². The molecule has 0 amide bonds. The summed E-state index contributed by atoms with van der Waals surface area (Å²) in [6.07, 6.45) is -0.717. The smallest absolute Gasteiger partial charge is 0.180 e. The molecule has 5 heteroatoms. The molecule has 1 rings (SSSR count). The molecule has 96 valence electrons. The lowest BCUT2D eigenvalue weighted by Crippen LogP contribution is -2.19. The molecule has 17 heavy (non-hydrogen) atoms. The molecule has 0 saturated heterocycles. The third-order valence-corrected chi connectivity index (χ3v) is 4.79. The van der Waals surface area contributed by atoms with Crippen LogP contribution < -0.4 is 0 Å². The highest BCUT2D eigenvalue weighted by atomic mass is 32.2.